The molecule has 1 fully saturated rings. The van der Waals surface area contributed by atoms with Crippen LogP contribution in [0.2, 0.25) is 0 Å². The van der Waals surface area contributed by atoms with Gasteiger partial charge in [-0.3, -0.25) is 4.79 Å². The van der Waals surface area contributed by atoms with Crippen molar-refractivity contribution < 1.29 is 9.53 Å². The molecule has 2 aromatic heterocycles. The standard InChI is InChI=1S/C29H29N7O2/c1-17-23(14-30-33-17)24-13-25(35-15-19-6-3-4-7-20(19)16-35)32-28-26(18-10-11-18)27(34-36(24)28)29(37)31-21-8-5-9-22(12-21)38-2/h3-9,12-14,17-18,23,33H,10-11,15-16H2,1-2H3,(H,31,37). The first-order chi connectivity index (χ1) is 18.6. The molecule has 2 N–H and O–H groups in total. The third-order valence-electron chi connectivity index (χ3n) is 7.73. The zero-order chi connectivity index (χ0) is 25.8. The number of hydrogen-bond donors (Lipinski definition) is 2. The van der Waals surface area contributed by atoms with E-state index in [0.717, 1.165) is 48.7 Å². The second kappa shape index (κ2) is 8.86. The van der Waals surface area contributed by atoms with E-state index >= 15 is 0 Å². The van der Waals surface area contributed by atoms with Crippen molar-refractivity contribution in [3.8, 4) is 5.75 Å². The summed E-state index contributed by atoms with van der Waals surface area (Å²) in [5, 5.41) is 12.3. The summed E-state index contributed by atoms with van der Waals surface area (Å²) < 4.78 is 7.20. The van der Waals surface area contributed by atoms with Gasteiger partial charge in [0.05, 0.1) is 24.8 Å². The summed E-state index contributed by atoms with van der Waals surface area (Å²) >= 11 is 0. The summed E-state index contributed by atoms with van der Waals surface area (Å²) in [4.78, 5) is 21.1. The van der Waals surface area contributed by atoms with Gasteiger partial charge in [0, 0.05) is 42.7 Å². The van der Waals surface area contributed by atoms with Crippen LogP contribution in [0.1, 0.15) is 64.5 Å². The predicted octanol–water partition coefficient (Wildman–Crippen LogP) is 4.45. The molecule has 2 unspecified atom stereocenters. The van der Waals surface area contributed by atoms with Gasteiger partial charge in [0.2, 0.25) is 0 Å². The van der Waals surface area contributed by atoms with Gasteiger partial charge in [0.15, 0.2) is 11.3 Å². The van der Waals surface area contributed by atoms with E-state index in [1.807, 2.05) is 28.9 Å². The molecule has 9 heteroatoms. The Hall–Kier alpha value is -4.40. The van der Waals surface area contributed by atoms with Crippen molar-refractivity contribution in [2.75, 3.05) is 17.3 Å². The molecule has 0 saturated heterocycles. The molecule has 1 aliphatic carbocycles. The van der Waals surface area contributed by atoms with Gasteiger partial charge < -0.3 is 20.4 Å². The quantitative estimate of drug-likeness (QED) is 0.400. The molecule has 2 aromatic carbocycles. The topological polar surface area (TPSA) is 96.1 Å². The lowest BCUT2D eigenvalue weighted by molar-refractivity contribution is 0.102. The normalized spacial score (nSPS) is 20.0. The Labute approximate surface area is 220 Å². The highest BCUT2D eigenvalue weighted by Gasteiger charge is 2.36. The molecule has 3 aliphatic rings. The lowest BCUT2D eigenvalue weighted by Gasteiger charge is -2.21. The lowest BCUT2D eigenvalue weighted by Crippen LogP contribution is -2.25. The fraction of sp³-hybridized carbons (Fsp3) is 0.310. The van der Waals surface area contributed by atoms with Crippen LogP contribution in [-0.2, 0) is 13.1 Å². The van der Waals surface area contributed by atoms with Gasteiger partial charge in [-0.25, -0.2) is 9.50 Å². The third-order valence-corrected chi connectivity index (χ3v) is 7.73. The van der Waals surface area contributed by atoms with Crippen molar-refractivity contribution in [2.45, 2.75) is 50.7 Å². The number of carbonyl (C=O) groups excluding carboxylic acids is 1. The fourth-order valence-electron chi connectivity index (χ4n) is 5.53. The zero-order valence-corrected chi connectivity index (χ0v) is 21.4. The van der Waals surface area contributed by atoms with Crippen LogP contribution in [-0.4, -0.2) is 39.9 Å². The number of hydrogen-bond acceptors (Lipinski definition) is 7. The summed E-state index contributed by atoms with van der Waals surface area (Å²) in [6.45, 7) is 3.72. The number of anilines is 2. The molecular weight excluding hydrogens is 478 g/mol. The van der Waals surface area contributed by atoms with Crippen LogP contribution in [0.25, 0.3) is 5.65 Å². The van der Waals surface area contributed by atoms with Gasteiger partial charge >= 0.3 is 0 Å². The minimum Gasteiger partial charge on any atom is -0.497 e. The number of nitrogens with one attached hydrogen (secondary N) is 2. The largest absolute Gasteiger partial charge is 0.497 e. The Morgan fingerprint density at radius 1 is 1.08 bits per heavy atom. The van der Waals surface area contributed by atoms with Crippen molar-refractivity contribution in [1.29, 1.82) is 0 Å². The summed E-state index contributed by atoms with van der Waals surface area (Å²) in [6.07, 6.45) is 3.98. The number of benzene rings is 2. The number of methoxy groups -OCH3 is 1. The minimum atomic E-state index is -0.238. The van der Waals surface area contributed by atoms with Gasteiger partial charge in [-0.05, 0) is 48.9 Å². The average molecular weight is 508 g/mol. The predicted molar refractivity (Wildman–Crippen MR) is 146 cm³/mol. The highest BCUT2D eigenvalue weighted by atomic mass is 16.5. The summed E-state index contributed by atoms with van der Waals surface area (Å²) in [5.74, 6) is 1.63. The number of amides is 1. The third kappa shape index (κ3) is 3.86. The Bertz CT molecular complexity index is 1560. The van der Waals surface area contributed by atoms with E-state index in [0.29, 0.717) is 17.1 Å². The van der Waals surface area contributed by atoms with Gasteiger partial charge in [-0.1, -0.05) is 30.3 Å². The maximum Gasteiger partial charge on any atom is 0.276 e. The number of fused-ring (bicyclic) bond motifs is 2. The molecule has 4 heterocycles. The molecule has 0 spiro atoms. The molecule has 38 heavy (non-hydrogen) atoms. The van der Waals surface area contributed by atoms with Crippen LogP contribution in [0, 0.1) is 0 Å². The number of nitrogens with zero attached hydrogens (tertiary/aromatic N) is 5. The monoisotopic (exact) mass is 507 g/mol. The molecule has 1 amide bonds. The maximum atomic E-state index is 13.6. The highest BCUT2D eigenvalue weighted by molar-refractivity contribution is 6.05. The number of rotatable bonds is 6. The molecule has 2 aliphatic heterocycles. The second-order valence-corrected chi connectivity index (χ2v) is 10.3. The molecule has 1 saturated carbocycles. The summed E-state index contributed by atoms with van der Waals surface area (Å²) in [5.41, 5.74) is 9.57. The molecule has 9 nitrogen and oxygen atoms in total. The van der Waals surface area contributed by atoms with E-state index in [4.69, 9.17) is 14.8 Å². The van der Waals surface area contributed by atoms with Gasteiger partial charge in [0.1, 0.15) is 11.6 Å². The van der Waals surface area contributed by atoms with Crippen molar-refractivity contribution in [1.82, 2.24) is 20.0 Å². The van der Waals surface area contributed by atoms with Crippen LogP contribution in [0.5, 0.6) is 5.75 Å². The van der Waals surface area contributed by atoms with E-state index in [2.05, 4.69) is 58.0 Å². The van der Waals surface area contributed by atoms with Crippen LogP contribution < -0.4 is 20.4 Å². The van der Waals surface area contributed by atoms with Gasteiger partial charge in [-0.2, -0.15) is 10.2 Å². The number of hydrazone groups is 1. The van der Waals surface area contributed by atoms with Crippen molar-refractivity contribution in [3.63, 3.8) is 0 Å². The van der Waals surface area contributed by atoms with Crippen LogP contribution >= 0.6 is 0 Å². The fourth-order valence-corrected chi connectivity index (χ4v) is 5.53. The highest BCUT2D eigenvalue weighted by Crippen LogP contribution is 2.44. The van der Waals surface area contributed by atoms with Crippen LogP contribution in [0.3, 0.4) is 0 Å². The Balaban J connectivity index is 1.35. The Kier molecular flexibility index (Phi) is 5.31. The van der Waals surface area contributed by atoms with Crippen LogP contribution in [0.15, 0.2) is 59.7 Å². The summed E-state index contributed by atoms with van der Waals surface area (Å²) in [6, 6.07) is 18.1. The maximum absolute atomic E-state index is 13.6. The van der Waals surface area contributed by atoms with Gasteiger partial charge in [-0.15, -0.1) is 0 Å². The first-order valence-corrected chi connectivity index (χ1v) is 13.1. The molecule has 0 radical (unpaired) electrons. The number of carbonyl (C=O) groups is 1. The van der Waals surface area contributed by atoms with Crippen LogP contribution in [0.4, 0.5) is 11.5 Å². The second-order valence-electron chi connectivity index (χ2n) is 10.3. The van der Waals surface area contributed by atoms with Crippen molar-refractivity contribution in [3.05, 3.63) is 82.7 Å². The summed E-state index contributed by atoms with van der Waals surface area (Å²) in [7, 11) is 1.61. The van der Waals surface area contributed by atoms with Gasteiger partial charge in [0.25, 0.3) is 5.91 Å². The van der Waals surface area contributed by atoms with E-state index in [1.165, 1.54) is 11.1 Å². The molecule has 192 valence electrons. The first-order valence-electron chi connectivity index (χ1n) is 13.1. The first kappa shape index (κ1) is 22.8. The van der Waals surface area contributed by atoms with E-state index in [1.54, 1.807) is 13.2 Å². The van der Waals surface area contributed by atoms with Crippen molar-refractivity contribution in [2.24, 2.45) is 5.10 Å². The van der Waals surface area contributed by atoms with E-state index in [-0.39, 0.29) is 23.8 Å². The molecular formula is C29H29N7O2. The molecule has 2 atom stereocenters. The van der Waals surface area contributed by atoms with E-state index in [9.17, 15) is 4.79 Å². The number of aromatic nitrogens is 3. The molecule has 0 bridgehead atoms. The smallest absolute Gasteiger partial charge is 0.276 e. The average Bonchev–Trinajstić information content (AvgIpc) is 3.34. The number of ether oxygens (including phenoxy) is 1. The zero-order valence-electron chi connectivity index (χ0n) is 21.4. The van der Waals surface area contributed by atoms with E-state index < -0.39 is 0 Å². The Morgan fingerprint density at radius 2 is 1.87 bits per heavy atom. The minimum absolute atomic E-state index is 0.00507. The molecule has 7 rings (SSSR count). The van der Waals surface area contributed by atoms with Crippen molar-refractivity contribution >= 4 is 29.3 Å². The SMILES string of the molecule is COc1cccc(NC(=O)c2nn3c(C4C=NNC4C)cc(N4Cc5ccccc5C4)nc3c2C2CC2)c1. The lowest BCUT2D eigenvalue weighted by atomic mass is 9.99. The Morgan fingerprint density at radius 3 is 2.55 bits per heavy atom. The molecule has 4 aromatic rings.